The van der Waals surface area contributed by atoms with Gasteiger partial charge < -0.3 is 9.64 Å². The fourth-order valence-corrected chi connectivity index (χ4v) is 7.26. The van der Waals surface area contributed by atoms with Gasteiger partial charge in [-0.2, -0.15) is 5.26 Å². The molecule has 8 heteroatoms. The van der Waals surface area contributed by atoms with Gasteiger partial charge in [0.05, 0.1) is 11.6 Å². The molecule has 0 unspecified atom stereocenters. The Morgan fingerprint density at radius 3 is 2.58 bits per heavy atom. The Morgan fingerprint density at radius 1 is 1.00 bits per heavy atom. The number of carbonyl (C=O) groups is 3. The summed E-state index contributed by atoms with van der Waals surface area (Å²) in [6.45, 7) is 2.23. The molecule has 2 aromatic rings. The first-order valence-corrected chi connectivity index (χ1v) is 13.7. The van der Waals surface area contributed by atoms with Gasteiger partial charge in [0.15, 0.2) is 0 Å². The lowest BCUT2D eigenvalue weighted by Crippen LogP contribution is -2.73. The van der Waals surface area contributed by atoms with Crippen molar-refractivity contribution >= 4 is 17.7 Å². The van der Waals surface area contributed by atoms with Crippen LogP contribution in [0.15, 0.2) is 42.5 Å². The van der Waals surface area contributed by atoms with Gasteiger partial charge in [0.1, 0.15) is 17.4 Å². The number of ether oxygens (including phenoxy) is 1. The highest BCUT2D eigenvalue weighted by Gasteiger charge is 2.63. The number of benzene rings is 2. The standard InChI is InChI=1S/C30H30N4O4/c31-14-18-5-1-2-6-23(18)21-15-33(16-21)25-7-3-4-8-26(25)38-22-9-10-24-19(11-22)17-34(28(24)36)30-12-20(13-30)27(35)32-29(30)37/h1-2,5-6,9-11,20-21,25-26H,3-4,7-8,12-13,15-17H2,(H,32,35,37)/t20?,25-,26+,30?/m0/s1. The van der Waals surface area contributed by atoms with Crippen LogP contribution >= 0.6 is 0 Å². The van der Waals surface area contributed by atoms with E-state index in [2.05, 4.69) is 22.4 Å². The second-order valence-electron chi connectivity index (χ2n) is 11.5. The van der Waals surface area contributed by atoms with E-state index in [1.807, 2.05) is 36.4 Å². The number of amides is 3. The van der Waals surface area contributed by atoms with Gasteiger partial charge in [-0.1, -0.05) is 24.6 Å². The van der Waals surface area contributed by atoms with Crippen LogP contribution in [0.2, 0.25) is 0 Å². The van der Waals surface area contributed by atoms with Crippen molar-refractivity contribution in [3.8, 4) is 11.8 Å². The number of piperidine rings is 2. The molecule has 2 saturated carbocycles. The zero-order valence-electron chi connectivity index (χ0n) is 21.2. The zero-order chi connectivity index (χ0) is 26.0. The molecule has 4 heterocycles. The summed E-state index contributed by atoms with van der Waals surface area (Å²) in [6, 6.07) is 16.2. The highest BCUT2D eigenvalue weighted by Crippen LogP contribution is 2.49. The van der Waals surface area contributed by atoms with E-state index in [-0.39, 0.29) is 29.7 Å². The SMILES string of the molecule is N#Cc1ccccc1C1CN([C@H]2CCCC[C@H]2Oc2ccc3c(c2)CN(C24CC(C2)C(=O)NC4=O)C3=O)C1. The molecule has 8 rings (SSSR count). The number of imide groups is 1. The molecule has 38 heavy (non-hydrogen) atoms. The number of hydrogen-bond acceptors (Lipinski definition) is 6. The number of fused-ring (bicyclic) bond motifs is 3. The summed E-state index contributed by atoms with van der Waals surface area (Å²) in [7, 11) is 0. The summed E-state index contributed by atoms with van der Waals surface area (Å²) >= 11 is 0. The second-order valence-corrected chi connectivity index (χ2v) is 11.5. The summed E-state index contributed by atoms with van der Waals surface area (Å²) in [5, 5.41) is 11.9. The maximum atomic E-state index is 13.2. The maximum absolute atomic E-state index is 13.2. The molecule has 2 aliphatic carbocycles. The molecule has 1 N–H and O–H groups in total. The molecule has 4 aliphatic heterocycles. The first-order valence-electron chi connectivity index (χ1n) is 13.7. The number of hydrogen-bond donors (Lipinski definition) is 1. The average Bonchev–Trinajstić information content (AvgIpc) is 3.19. The number of nitrogens with one attached hydrogen (secondary N) is 1. The molecule has 8 nitrogen and oxygen atoms in total. The van der Waals surface area contributed by atoms with E-state index in [0.29, 0.717) is 36.9 Å². The Labute approximate surface area is 221 Å². The molecule has 0 radical (unpaired) electrons. The van der Waals surface area contributed by atoms with Gasteiger partial charge in [-0.3, -0.25) is 24.6 Å². The fraction of sp³-hybridized carbons (Fsp3) is 0.467. The lowest BCUT2D eigenvalue weighted by atomic mass is 9.63. The van der Waals surface area contributed by atoms with Gasteiger partial charge in [0, 0.05) is 43.1 Å². The molecule has 6 aliphatic rings. The van der Waals surface area contributed by atoms with E-state index in [4.69, 9.17) is 4.74 Å². The molecular formula is C30H30N4O4. The van der Waals surface area contributed by atoms with Crippen LogP contribution in [0.5, 0.6) is 5.75 Å². The maximum Gasteiger partial charge on any atom is 0.255 e. The zero-order valence-corrected chi connectivity index (χ0v) is 21.2. The van der Waals surface area contributed by atoms with Crippen molar-refractivity contribution in [3.63, 3.8) is 0 Å². The van der Waals surface area contributed by atoms with Gasteiger partial charge in [-0.05, 0) is 67.5 Å². The van der Waals surface area contributed by atoms with Crippen LogP contribution in [0.3, 0.4) is 0 Å². The number of rotatable bonds is 5. The number of likely N-dealkylation sites (tertiary alicyclic amines) is 1. The first kappa shape index (κ1) is 23.4. The minimum Gasteiger partial charge on any atom is -0.489 e. The largest absolute Gasteiger partial charge is 0.489 e. The summed E-state index contributed by atoms with van der Waals surface area (Å²) in [5.74, 6) is 0.243. The first-order chi connectivity index (χ1) is 18.5. The van der Waals surface area contributed by atoms with Gasteiger partial charge in [-0.15, -0.1) is 0 Å². The molecule has 0 spiro atoms. The molecule has 2 bridgehead atoms. The Kier molecular flexibility index (Phi) is 5.34. The van der Waals surface area contributed by atoms with Crippen LogP contribution in [0.1, 0.15) is 71.5 Å². The van der Waals surface area contributed by atoms with Gasteiger partial charge in [0.25, 0.3) is 11.8 Å². The minimum atomic E-state index is -0.900. The lowest BCUT2D eigenvalue weighted by molar-refractivity contribution is -0.160. The predicted octanol–water partition coefficient (Wildman–Crippen LogP) is 3.11. The van der Waals surface area contributed by atoms with E-state index in [1.165, 1.54) is 6.42 Å². The Balaban J connectivity index is 1.04. The van der Waals surface area contributed by atoms with E-state index in [0.717, 1.165) is 54.8 Å². The monoisotopic (exact) mass is 510 g/mol. The van der Waals surface area contributed by atoms with Crippen molar-refractivity contribution in [2.24, 2.45) is 5.92 Å². The molecule has 2 atom stereocenters. The van der Waals surface area contributed by atoms with Gasteiger partial charge in [0.2, 0.25) is 5.91 Å². The lowest BCUT2D eigenvalue weighted by Gasteiger charge is -2.53. The van der Waals surface area contributed by atoms with Crippen LogP contribution in [0.25, 0.3) is 0 Å². The quantitative estimate of drug-likeness (QED) is 0.620. The van der Waals surface area contributed by atoms with E-state index in [1.54, 1.807) is 4.90 Å². The fourth-order valence-electron chi connectivity index (χ4n) is 7.26. The van der Waals surface area contributed by atoms with E-state index >= 15 is 0 Å². The van der Waals surface area contributed by atoms with Gasteiger partial charge in [-0.25, -0.2) is 0 Å². The van der Waals surface area contributed by atoms with Crippen molar-refractivity contribution in [3.05, 3.63) is 64.7 Å². The molecule has 194 valence electrons. The topological polar surface area (TPSA) is 103 Å². The predicted molar refractivity (Wildman–Crippen MR) is 137 cm³/mol. The van der Waals surface area contributed by atoms with Crippen LogP contribution in [0.4, 0.5) is 0 Å². The second kappa shape index (κ2) is 8.67. The van der Waals surface area contributed by atoms with Crippen LogP contribution in [-0.4, -0.2) is 58.3 Å². The van der Waals surface area contributed by atoms with Crippen molar-refractivity contribution < 1.29 is 19.1 Å². The Morgan fingerprint density at radius 2 is 1.79 bits per heavy atom. The van der Waals surface area contributed by atoms with Crippen molar-refractivity contribution in [2.45, 2.75) is 68.7 Å². The summed E-state index contributed by atoms with van der Waals surface area (Å²) < 4.78 is 6.57. The minimum absolute atomic E-state index is 0.0725. The van der Waals surface area contributed by atoms with E-state index in [9.17, 15) is 19.6 Å². The van der Waals surface area contributed by atoms with Crippen LogP contribution in [-0.2, 0) is 16.1 Å². The van der Waals surface area contributed by atoms with Crippen LogP contribution < -0.4 is 10.1 Å². The average molecular weight is 511 g/mol. The third-order valence-electron chi connectivity index (χ3n) is 9.45. The van der Waals surface area contributed by atoms with E-state index < -0.39 is 5.54 Å². The summed E-state index contributed by atoms with van der Waals surface area (Å²) in [5.41, 5.74) is 2.49. The normalized spacial score (nSPS) is 30.7. The Bertz CT molecular complexity index is 1380. The van der Waals surface area contributed by atoms with Crippen LogP contribution in [0, 0.1) is 17.2 Å². The number of carbonyl (C=O) groups excluding carboxylic acids is 3. The molecule has 5 fully saturated rings. The molecule has 0 aromatic heterocycles. The summed E-state index contributed by atoms with van der Waals surface area (Å²) in [6.07, 6.45) is 5.29. The molecule has 3 saturated heterocycles. The van der Waals surface area contributed by atoms with Crippen molar-refractivity contribution in [1.82, 2.24) is 15.1 Å². The van der Waals surface area contributed by atoms with Crippen molar-refractivity contribution in [1.29, 1.82) is 5.26 Å². The third-order valence-corrected chi connectivity index (χ3v) is 9.45. The highest BCUT2D eigenvalue weighted by molar-refractivity contribution is 6.10. The summed E-state index contributed by atoms with van der Waals surface area (Å²) in [4.78, 5) is 42.0. The molecule has 3 amide bonds. The smallest absolute Gasteiger partial charge is 0.255 e. The highest BCUT2D eigenvalue weighted by atomic mass is 16.5. The van der Waals surface area contributed by atoms with Gasteiger partial charge >= 0.3 is 0 Å². The molecular weight excluding hydrogens is 480 g/mol. The number of nitriles is 1. The Hall–Kier alpha value is -3.70. The van der Waals surface area contributed by atoms with Crippen molar-refractivity contribution in [2.75, 3.05) is 13.1 Å². The third kappa shape index (κ3) is 3.48. The molecule has 2 aromatic carbocycles. The number of nitrogens with zero attached hydrogens (tertiary/aromatic N) is 3.